The van der Waals surface area contributed by atoms with Crippen molar-refractivity contribution in [1.29, 1.82) is 0 Å². The zero-order valence-corrected chi connectivity index (χ0v) is 14.9. The Morgan fingerprint density at radius 2 is 2.12 bits per heavy atom. The van der Waals surface area contributed by atoms with E-state index in [-0.39, 0.29) is 0 Å². The second kappa shape index (κ2) is 8.06. The molecule has 1 unspecified atom stereocenters. The zero-order valence-electron chi connectivity index (χ0n) is 14.0. The molecule has 0 radical (unpaired) electrons. The average molecular weight is 345 g/mol. The number of aliphatic imine (C=N–C) groups is 1. The molecule has 1 aliphatic rings. The van der Waals surface area contributed by atoms with Crippen molar-refractivity contribution in [1.82, 2.24) is 10.6 Å². The van der Waals surface area contributed by atoms with Crippen LogP contribution >= 0.6 is 11.3 Å². The second-order valence-corrected chi connectivity index (χ2v) is 6.92. The number of hydrogen-bond acceptors (Lipinski definition) is 4. The molecule has 1 atom stereocenters. The molecule has 3 rings (SSSR count). The van der Waals surface area contributed by atoms with Crippen molar-refractivity contribution in [2.24, 2.45) is 10.9 Å². The molecule has 1 aromatic heterocycles. The third-order valence-electron chi connectivity index (χ3n) is 3.87. The number of fused-ring (bicyclic) bond motifs is 1. The van der Waals surface area contributed by atoms with Crippen LogP contribution in [0, 0.1) is 5.92 Å². The molecule has 1 aliphatic heterocycles. The lowest BCUT2D eigenvalue weighted by atomic mass is 10.1. The Hall–Kier alpha value is -2.21. The summed E-state index contributed by atoms with van der Waals surface area (Å²) in [6.45, 7) is 4.13. The van der Waals surface area contributed by atoms with Crippen LogP contribution in [0.15, 0.2) is 40.7 Å². The van der Waals surface area contributed by atoms with Crippen LogP contribution in [0.3, 0.4) is 0 Å². The van der Waals surface area contributed by atoms with E-state index in [1.54, 1.807) is 7.05 Å². The molecule has 2 N–H and O–H groups in total. The van der Waals surface area contributed by atoms with Gasteiger partial charge in [-0.05, 0) is 41.5 Å². The van der Waals surface area contributed by atoms with E-state index in [9.17, 15) is 0 Å². The van der Waals surface area contributed by atoms with E-state index in [1.165, 1.54) is 4.88 Å². The number of hydrogen-bond donors (Lipinski definition) is 2. The maximum Gasteiger partial charge on any atom is 0.231 e. The van der Waals surface area contributed by atoms with Crippen LogP contribution < -0.4 is 20.1 Å². The molecular formula is C18H23N3O2S. The van der Waals surface area contributed by atoms with Gasteiger partial charge in [-0.25, -0.2) is 0 Å². The Balaban J connectivity index is 1.45. The zero-order chi connectivity index (χ0) is 16.8. The van der Waals surface area contributed by atoms with Crippen LogP contribution in [0.4, 0.5) is 0 Å². The fourth-order valence-electron chi connectivity index (χ4n) is 2.57. The lowest BCUT2D eigenvalue weighted by Gasteiger charge is -2.15. The first-order valence-corrected chi connectivity index (χ1v) is 8.98. The maximum absolute atomic E-state index is 5.41. The van der Waals surface area contributed by atoms with Gasteiger partial charge in [-0.2, -0.15) is 0 Å². The quantitative estimate of drug-likeness (QED) is 0.624. The van der Waals surface area contributed by atoms with Gasteiger partial charge >= 0.3 is 0 Å². The van der Waals surface area contributed by atoms with Gasteiger partial charge in [-0.15, -0.1) is 11.3 Å². The minimum atomic E-state index is 0.303. The van der Waals surface area contributed by atoms with Crippen LogP contribution in [-0.4, -0.2) is 26.3 Å². The van der Waals surface area contributed by atoms with Crippen LogP contribution in [0.25, 0.3) is 0 Å². The van der Waals surface area contributed by atoms with E-state index in [0.717, 1.165) is 36.0 Å². The normalized spacial score (nSPS) is 14.5. The third-order valence-corrected chi connectivity index (χ3v) is 4.77. The molecule has 0 aliphatic carbocycles. The van der Waals surface area contributed by atoms with Gasteiger partial charge in [-0.3, -0.25) is 4.99 Å². The van der Waals surface area contributed by atoms with Gasteiger partial charge in [0.15, 0.2) is 17.5 Å². The molecule has 0 saturated carbocycles. The molecule has 1 aromatic carbocycles. The minimum Gasteiger partial charge on any atom is -0.454 e. The van der Waals surface area contributed by atoms with Gasteiger partial charge in [0.05, 0.1) is 0 Å². The Morgan fingerprint density at radius 3 is 2.92 bits per heavy atom. The van der Waals surface area contributed by atoms with E-state index in [0.29, 0.717) is 19.3 Å². The highest BCUT2D eigenvalue weighted by atomic mass is 32.1. The summed E-state index contributed by atoms with van der Waals surface area (Å²) >= 11 is 1.81. The lowest BCUT2D eigenvalue weighted by molar-refractivity contribution is 0.174. The number of ether oxygens (including phenoxy) is 2. The topological polar surface area (TPSA) is 54.9 Å². The molecule has 0 amide bonds. The summed E-state index contributed by atoms with van der Waals surface area (Å²) in [7, 11) is 1.79. The SMILES string of the molecule is CN=C(NCc1ccc2c(c1)OCO2)NCC(C)Cc1cccs1. The van der Waals surface area contributed by atoms with E-state index in [1.807, 2.05) is 29.5 Å². The van der Waals surface area contributed by atoms with Crippen molar-refractivity contribution >= 4 is 17.3 Å². The van der Waals surface area contributed by atoms with Crippen molar-refractivity contribution < 1.29 is 9.47 Å². The highest BCUT2D eigenvalue weighted by Gasteiger charge is 2.13. The van der Waals surface area contributed by atoms with Gasteiger partial charge in [-0.1, -0.05) is 19.1 Å². The van der Waals surface area contributed by atoms with Crippen molar-refractivity contribution in [3.63, 3.8) is 0 Å². The smallest absolute Gasteiger partial charge is 0.231 e. The first kappa shape index (κ1) is 16.6. The summed E-state index contributed by atoms with van der Waals surface area (Å²) in [6, 6.07) is 10.3. The first-order valence-electron chi connectivity index (χ1n) is 8.10. The summed E-state index contributed by atoms with van der Waals surface area (Å²) in [5.74, 6) is 2.98. The fraction of sp³-hybridized carbons (Fsp3) is 0.389. The molecule has 5 nitrogen and oxygen atoms in total. The first-order chi connectivity index (χ1) is 11.7. The summed E-state index contributed by atoms with van der Waals surface area (Å²) < 4.78 is 10.7. The number of guanidine groups is 1. The van der Waals surface area contributed by atoms with E-state index in [2.05, 4.69) is 40.1 Å². The summed E-state index contributed by atoms with van der Waals surface area (Å²) in [5, 5.41) is 8.85. The van der Waals surface area contributed by atoms with Crippen LogP contribution in [-0.2, 0) is 13.0 Å². The molecule has 24 heavy (non-hydrogen) atoms. The van der Waals surface area contributed by atoms with Gasteiger partial charge < -0.3 is 20.1 Å². The van der Waals surface area contributed by atoms with Crippen LogP contribution in [0.1, 0.15) is 17.4 Å². The number of nitrogens with one attached hydrogen (secondary N) is 2. The molecule has 0 saturated heterocycles. The largest absolute Gasteiger partial charge is 0.454 e. The molecule has 128 valence electrons. The summed E-state index contributed by atoms with van der Waals surface area (Å²) in [5.41, 5.74) is 1.13. The third kappa shape index (κ3) is 4.41. The van der Waals surface area contributed by atoms with Crippen molar-refractivity contribution in [3.05, 3.63) is 46.2 Å². The molecule has 2 aromatic rings. The fourth-order valence-corrected chi connectivity index (χ4v) is 3.44. The maximum atomic E-state index is 5.41. The van der Waals surface area contributed by atoms with Gasteiger partial charge in [0.25, 0.3) is 0 Å². The molecule has 0 spiro atoms. The predicted molar refractivity (Wildman–Crippen MR) is 98.0 cm³/mol. The second-order valence-electron chi connectivity index (χ2n) is 5.88. The molecule has 2 heterocycles. The van der Waals surface area contributed by atoms with Crippen molar-refractivity contribution in [3.8, 4) is 11.5 Å². The Morgan fingerprint density at radius 1 is 1.25 bits per heavy atom. The van der Waals surface area contributed by atoms with Crippen LogP contribution in [0.5, 0.6) is 11.5 Å². The number of nitrogens with zero attached hydrogens (tertiary/aromatic N) is 1. The lowest BCUT2D eigenvalue weighted by Crippen LogP contribution is -2.39. The number of rotatable bonds is 6. The molecular weight excluding hydrogens is 322 g/mol. The average Bonchev–Trinajstić information content (AvgIpc) is 3.25. The van der Waals surface area contributed by atoms with Gasteiger partial charge in [0.2, 0.25) is 6.79 Å². The standard InChI is InChI=1S/C18H23N3O2S/c1-13(8-15-4-3-7-24-15)10-20-18(19-2)21-11-14-5-6-16-17(9-14)23-12-22-16/h3-7,9,13H,8,10-12H2,1-2H3,(H2,19,20,21). The van der Waals surface area contributed by atoms with Crippen molar-refractivity contribution in [2.45, 2.75) is 19.9 Å². The minimum absolute atomic E-state index is 0.303. The molecule has 0 fully saturated rings. The molecule has 0 bridgehead atoms. The van der Waals surface area contributed by atoms with Gasteiger partial charge in [0.1, 0.15) is 0 Å². The van der Waals surface area contributed by atoms with E-state index in [4.69, 9.17) is 9.47 Å². The summed E-state index contributed by atoms with van der Waals surface area (Å²) in [6.07, 6.45) is 1.09. The van der Waals surface area contributed by atoms with Gasteiger partial charge in [0, 0.05) is 25.0 Å². The van der Waals surface area contributed by atoms with Crippen LogP contribution in [0.2, 0.25) is 0 Å². The highest BCUT2D eigenvalue weighted by Crippen LogP contribution is 2.32. The molecule has 6 heteroatoms. The number of benzene rings is 1. The summed E-state index contributed by atoms with van der Waals surface area (Å²) in [4.78, 5) is 5.71. The Kier molecular flexibility index (Phi) is 5.59. The van der Waals surface area contributed by atoms with E-state index >= 15 is 0 Å². The van der Waals surface area contributed by atoms with Crippen molar-refractivity contribution in [2.75, 3.05) is 20.4 Å². The highest BCUT2D eigenvalue weighted by molar-refractivity contribution is 7.09. The predicted octanol–water partition coefficient (Wildman–Crippen LogP) is 3.02. The number of thiophene rings is 1. The monoisotopic (exact) mass is 345 g/mol. The van der Waals surface area contributed by atoms with E-state index < -0.39 is 0 Å². The Bertz CT molecular complexity index is 686. The Labute approximate surface area is 146 Å².